The van der Waals surface area contributed by atoms with Gasteiger partial charge in [-0.2, -0.15) is 5.26 Å². The molecular formula is C14H13N3OS. The zero-order chi connectivity index (χ0) is 14.0. The summed E-state index contributed by atoms with van der Waals surface area (Å²) in [7, 11) is 0. The van der Waals surface area contributed by atoms with Crippen molar-refractivity contribution < 1.29 is 5.11 Å². The highest BCUT2D eigenvalue weighted by Gasteiger charge is 2.12. The van der Waals surface area contributed by atoms with E-state index in [1.54, 1.807) is 25.3 Å². The third-order valence-electron chi connectivity index (χ3n) is 2.99. The average molecular weight is 271 g/mol. The van der Waals surface area contributed by atoms with Gasteiger partial charge in [-0.15, -0.1) is 11.3 Å². The molecule has 1 aromatic carbocycles. The Morgan fingerprint density at radius 1 is 1.47 bits per heavy atom. The van der Waals surface area contributed by atoms with E-state index in [4.69, 9.17) is 5.73 Å². The molecule has 96 valence electrons. The molecular weight excluding hydrogens is 258 g/mol. The van der Waals surface area contributed by atoms with Crippen LogP contribution in [0.1, 0.15) is 23.1 Å². The predicted octanol–water partition coefficient (Wildman–Crippen LogP) is 3.19. The fraction of sp³-hybridized carbons (Fsp3) is 0.143. The lowest BCUT2D eigenvalue weighted by atomic mass is 9.99. The molecule has 0 saturated carbocycles. The van der Waals surface area contributed by atoms with Crippen molar-refractivity contribution in [3.63, 3.8) is 0 Å². The van der Waals surface area contributed by atoms with Crippen LogP contribution in [0.25, 0.3) is 11.1 Å². The number of hydrogen-bond acceptors (Lipinski definition) is 5. The molecule has 0 bridgehead atoms. The second-order valence-corrected chi connectivity index (χ2v) is 5.05. The quantitative estimate of drug-likeness (QED) is 0.649. The Labute approximate surface area is 115 Å². The highest BCUT2D eigenvalue weighted by Crippen LogP contribution is 2.32. The zero-order valence-electron chi connectivity index (χ0n) is 10.6. The van der Waals surface area contributed by atoms with Gasteiger partial charge in [-0.3, -0.25) is 0 Å². The Kier molecular flexibility index (Phi) is 3.54. The minimum Gasteiger partial charge on any atom is -0.508 e. The van der Waals surface area contributed by atoms with Gasteiger partial charge in [0.15, 0.2) is 0 Å². The number of aromatic hydroxyl groups is 1. The van der Waals surface area contributed by atoms with Gasteiger partial charge in [-0.05, 0) is 37.1 Å². The SMILES string of the molecule is C/C(=C(/C#N)c1nccs1)c1cc(N)c(C)c(O)c1. The van der Waals surface area contributed by atoms with Gasteiger partial charge in [0.05, 0.1) is 5.57 Å². The number of anilines is 1. The Balaban J connectivity index is 2.61. The highest BCUT2D eigenvalue weighted by molar-refractivity contribution is 7.10. The molecule has 0 aliphatic carbocycles. The monoisotopic (exact) mass is 271 g/mol. The molecule has 4 nitrogen and oxygen atoms in total. The molecule has 1 heterocycles. The molecule has 19 heavy (non-hydrogen) atoms. The molecule has 0 aliphatic heterocycles. The summed E-state index contributed by atoms with van der Waals surface area (Å²) < 4.78 is 0. The van der Waals surface area contributed by atoms with Crippen LogP contribution in [0.2, 0.25) is 0 Å². The van der Waals surface area contributed by atoms with E-state index in [2.05, 4.69) is 11.1 Å². The van der Waals surface area contributed by atoms with E-state index in [9.17, 15) is 10.4 Å². The highest BCUT2D eigenvalue weighted by atomic mass is 32.1. The largest absolute Gasteiger partial charge is 0.508 e. The third kappa shape index (κ3) is 2.44. The van der Waals surface area contributed by atoms with Gasteiger partial charge in [-0.1, -0.05) is 0 Å². The van der Waals surface area contributed by atoms with E-state index in [1.165, 1.54) is 11.3 Å². The van der Waals surface area contributed by atoms with Crippen LogP contribution in [-0.4, -0.2) is 10.1 Å². The van der Waals surface area contributed by atoms with Crippen molar-refractivity contribution in [2.75, 3.05) is 5.73 Å². The first-order valence-corrected chi connectivity index (χ1v) is 6.53. The summed E-state index contributed by atoms with van der Waals surface area (Å²) in [6.07, 6.45) is 1.66. The van der Waals surface area contributed by atoms with E-state index in [0.29, 0.717) is 21.8 Å². The first-order valence-electron chi connectivity index (χ1n) is 5.65. The molecule has 3 N–H and O–H groups in total. The molecule has 1 aromatic heterocycles. The first-order chi connectivity index (χ1) is 9.04. The van der Waals surface area contributed by atoms with Crippen molar-refractivity contribution in [1.82, 2.24) is 4.98 Å². The molecule has 0 aliphatic rings. The van der Waals surface area contributed by atoms with Gasteiger partial charge in [0.25, 0.3) is 0 Å². The van der Waals surface area contributed by atoms with Gasteiger partial charge in [0, 0.05) is 22.8 Å². The molecule has 2 rings (SSSR count). The summed E-state index contributed by atoms with van der Waals surface area (Å²) >= 11 is 1.40. The molecule has 5 heteroatoms. The number of nitriles is 1. The van der Waals surface area contributed by atoms with Gasteiger partial charge >= 0.3 is 0 Å². The van der Waals surface area contributed by atoms with E-state index in [0.717, 1.165) is 11.1 Å². The van der Waals surface area contributed by atoms with Gasteiger partial charge < -0.3 is 10.8 Å². The van der Waals surface area contributed by atoms with Crippen molar-refractivity contribution in [2.24, 2.45) is 0 Å². The van der Waals surface area contributed by atoms with E-state index in [1.807, 2.05) is 12.3 Å². The summed E-state index contributed by atoms with van der Waals surface area (Å²) in [5, 5.41) is 21.6. The van der Waals surface area contributed by atoms with Crippen LogP contribution in [0.4, 0.5) is 5.69 Å². The number of nitrogens with zero attached hydrogens (tertiary/aromatic N) is 2. The average Bonchev–Trinajstić information content (AvgIpc) is 2.90. The number of phenols is 1. The van der Waals surface area contributed by atoms with E-state index in [-0.39, 0.29) is 5.75 Å². The van der Waals surface area contributed by atoms with Crippen molar-refractivity contribution >= 4 is 28.2 Å². The topological polar surface area (TPSA) is 82.9 Å². The Hall–Kier alpha value is -2.32. The van der Waals surface area contributed by atoms with Crippen molar-refractivity contribution in [3.8, 4) is 11.8 Å². The van der Waals surface area contributed by atoms with Crippen LogP contribution < -0.4 is 5.73 Å². The number of nitrogens with two attached hydrogens (primary N) is 1. The number of benzene rings is 1. The van der Waals surface area contributed by atoms with Crippen molar-refractivity contribution in [3.05, 3.63) is 39.8 Å². The Morgan fingerprint density at radius 2 is 2.21 bits per heavy atom. The van der Waals surface area contributed by atoms with Crippen molar-refractivity contribution in [1.29, 1.82) is 5.26 Å². The molecule has 0 spiro atoms. The van der Waals surface area contributed by atoms with Gasteiger partial charge in [0.1, 0.15) is 16.8 Å². The summed E-state index contributed by atoms with van der Waals surface area (Å²) in [6, 6.07) is 5.54. The normalized spacial score (nSPS) is 11.8. The molecule has 2 aromatic rings. The zero-order valence-corrected chi connectivity index (χ0v) is 11.5. The number of phenolic OH excluding ortho intramolecular Hbond substituents is 1. The van der Waals surface area contributed by atoms with Crippen LogP contribution in [0, 0.1) is 18.3 Å². The molecule has 0 fully saturated rings. The maximum atomic E-state index is 9.82. The summed E-state index contributed by atoms with van der Waals surface area (Å²) in [5.74, 6) is 0.130. The maximum Gasteiger partial charge on any atom is 0.134 e. The minimum atomic E-state index is 0.130. The number of allylic oxidation sites excluding steroid dienone is 2. The molecule has 0 atom stereocenters. The van der Waals surface area contributed by atoms with Crippen LogP contribution >= 0.6 is 11.3 Å². The Morgan fingerprint density at radius 3 is 2.74 bits per heavy atom. The number of nitrogen functional groups attached to an aromatic ring is 1. The van der Waals surface area contributed by atoms with Crippen LogP contribution in [-0.2, 0) is 0 Å². The van der Waals surface area contributed by atoms with Gasteiger partial charge in [0.2, 0.25) is 0 Å². The number of hydrogen-bond donors (Lipinski definition) is 2. The van der Waals surface area contributed by atoms with Crippen molar-refractivity contribution in [2.45, 2.75) is 13.8 Å². The molecule has 0 unspecified atom stereocenters. The van der Waals surface area contributed by atoms with Crippen LogP contribution in [0.5, 0.6) is 5.75 Å². The molecule has 0 radical (unpaired) electrons. The first kappa shape index (κ1) is 13.1. The predicted molar refractivity (Wildman–Crippen MR) is 77.5 cm³/mol. The number of rotatable bonds is 2. The smallest absolute Gasteiger partial charge is 0.134 e. The minimum absolute atomic E-state index is 0.130. The van der Waals surface area contributed by atoms with Crippen LogP contribution in [0.15, 0.2) is 23.7 Å². The van der Waals surface area contributed by atoms with Gasteiger partial charge in [-0.25, -0.2) is 4.98 Å². The lowest BCUT2D eigenvalue weighted by Crippen LogP contribution is -1.94. The van der Waals surface area contributed by atoms with Crippen LogP contribution in [0.3, 0.4) is 0 Å². The maximum absolute atomic E-state index is 9.82. The lowest BCUT2D eigenvalue weighted by Gasteiger charge is -2.09. The fourth-order valence-corrected chi connectivity index (χ4v) is 2.41. The number of thiazole rings is 1. The standard InChI is InChI=1S/C14H13N3OS/c1-8(11(7-15)14-17-3-4-19-14)10-5-12(16)9(2)13(18)6-10/h3-6,18H,16H2,1-2H3/b11-8+. The number of aromatic nitrogens is 1. The second-order valence-electron chi connectivity index (χ2n) is 4.16. The van der Waals surface area contributed by atoms with E-state index < -0.39 is 0 Å². The summed E-state index contributed by atoms with van der Waals surface area (Å²) in [5.41, 5.74) is 8.97. The molecule has 0 amide bonds. The second kappa shape index (κ2) is 5.12. The van der Waals surface area contributed by atoms with E-state index >= 15 is 0 Å². The molecule has 0 saturated heterocycles. The summed E-state index contributed by atoms with van der Waals surface area (Å²) in [6.45, 7) is 3.57. The summed E-state index contributed by atoms with van der Waals surface area (Å²) in [4.78, 5) is 4.14. The Bertz CT molecular complexity index is 658. The third-order valence-corrected chi connectivity index (χ3v) is 3.78. The fourth-order valence-electron chi connectivity index (χ4n) is 1.72. The lowest BCUT2D eigenvalue weighted by molar-refractivity contribution is 0.471.